The van der Waals surface area contributed by atoms with E-state index in [1.165, 1.54) is 16.7 Å². The van der Waals surface area contributed by atoms with Gasteiger partial charge in [0.15, 0.2) is 0 Å². The highest BCUT2D eigenvalue weighted by Crippen LogP contribution is 2.43. The van der Waals surface area contributed by atoms with E-state index in [9.17, 15) is 4.79 Å². The second kappa shape index (κ2) is 5.06. The topological polar surface area (TPSA) is 95.3 Å². The number of carboxylic acids is 1. The number of carbonyl (C=O) groups is 1. The number of fused-ring (bicyclic) bond motifs is 3. The Morgan fingerprint density at radius 2 is 2.40 bits per heavy atom. The fourth-order valence-electron chi connectivity index (χ4n) is 3.31. The Morgan fingerprint density at radius 3 is 3.15 bits per heavy atom. The van der Waals surface area contributed by atoms with Crippen LogP contribution in [-0.2, 0) is 17.6 Å². The summed E-state index contributed by atoms with van der Waals surface area (Å²) in [7, 11) is 0. The second-order valence-electron chi connectivity index (χ2n) is 5.24. The normalized spacial score (nSPS) is 20.5. The van der Waals surface area contributed by atoms with E-state index < -0.39 is 12.0 Å². The Kier molecular flexibility index (Phi) is 3.24. The van der Waals surface area contributed by atoms with Gasteiger partial charge in [0.05, 0.1) is 6.61 Å². The molecule has 0 amide bonds. The van der Waals surface area contributed by atoms with Crippen molar-refractivity contribution in [2.24, 2.45) is 5.11 Å². The Labute approximate surface area is 116 Å². The van der Waals surface area contributed by atoms with Crippen LogP contribution in [0, 0.1) is 0 Å². The van der Waals surface area contributed by atoms with Crippen molar-refractivity contribution in [2.45, 2.75) is 37.6 Å². The first-order chi connectivity index (χ1) is 9.70. The molecule has 0 spiro atoms. The highest BCUT2D eigenvalue weighted by molar-refractivity contribution is 5.73. The lowest BCUT2D eigenvalue weighted by Gasteiger charge is -2.16. The highest BCUT2D eigenvalue weighted by atomic mass is 16.5. The van der Waals surface area contributed by atoms with Gasteiger partial charge in [-0.1, -0.05) is 11.2 Å². The molecule has 1 aliphatic heterocycles. The molecule has 1 N–H and O–H groups in total. The van der Waals surface area contributed by atoms with E-state index in [0.29, 0.717) is 13.0 Å². The third-order valence-electron chi connectivity index (χ3n) is 4.17. The van der Waals surface area contributed by atoms with Crippen LogP contribution in [-0.4, -0.2) is 23.7 Å². The zero-order chi connectivity index (χ0) is 14.1. The maximum Gasteiger partial charge on any atom is 0.312 e. The predicted molar refractivity (Wildman–Crippen MR) is 71.9 cm³/mol. The maximum absolute atomic E-state index is 11.1. The average molecular weight is 273 g/mol. The summed E-state index contributed by atoms with van der Waals surface area (Å²) < 4.78 is 5.57. The van der Waals surface area contributed by atoms with Gasteiger partial charge >= 0.3 is 5.97 Å². The third-order valence-corrected chi connectivity index (χ3v) is 4.17. The number of rotatable bonds is 4. The van der Waals surface area contributed by atoms with Crippen molar-refractivity contribution in [3.05, 3.63) is 39.3 Å². The van der Waals surface area contributed by atoms with Crippen LogP contribution < -0.4 is 4.74 Å². The molecule has 2 aliphatic rings. The van der Waals surface area contributed by atoms with Gasteiger partial charge < -0.3 is 9.84 Å². The van der Waals surface area contributed by atoms with Crippen LogP contribution in [0.5, 0.6) is 5.75 Å². The number of benzene rings is 1. The first-order valence-electron chi connectivity index (χ1n) is 6.75. The minimum atomic E-state index is -1.06. The van der Waals surface area contributed by atoms with E-state index in [2.05, 4.69) is 16.1 Å². The molecule has 104 valence electrons. The number of aliphatic carboxylic acids is 1. The Hall–Kier alpha value is -2.20. The van der Waals surface area contributed by atoms with Crippen LogP contribution >= 0.6 is 0 Å². The largest absolute Gasteiger partial charge is 0.493 e. The monoisotopic (exact) mass is 273 g/mol. The summed E-state index contributed by atoms with van der Waals surface area (Å²) in [5.74, 6) is 0.0136. The summed E-state index contributed by atoms with van der Waals surface area (Å²) >= 11 is 0. The number of nitrogens with zero attached hydrogens (tertiary/aromatic N) is 3. The van der Waals surface area contributed by atoms with E-state index in [1.807, 2.05) is 6.07 Å². The number of hydrogen-bond acceptors (Lipinski definition) is 3. The fourth-order valence-corrected chi connectivity index (χ4v) is 3.31. The number of carboxylic acid groups (broad SMARTS) is 1. The summed E-state index contributed by atoms with van der Waals surface area (Å²) in [6.45, 7) is 0.692. The third kappa shape index (κ3) is 2.08. The number of hydrogen-bond donors (Lipinski definition) is 1. The van der Waals surface area contributed by atoms with Crippen LogP contribution in [0.15, 0.2) is 17.2 Å². The van der Waals surface area contributed by atoms with Crippen LogP contribution in [0.4, 0.5) is 0 Å². The van der Waals surface area contributed by atoms with Crippen molar-refractivity contribution in [3.63, 3.8) is 0 Å². The maximum atomic E-state index is 11.1. The Bertz CT molecular complexity index is 606. The minimum absolute atomic E-state index is 0.147. The van der Waals surface area contributed by atoms with Gasteiger partial charge in [-0.2, -0.15) is 0 Å². The quantitative estimate of drug-likeness (QED) is 0.519. The fraction of sp³-hybridized carbons (Fsp3) is 0.500. The Balaban J connectivity index is 1.91. The molecule has 1 unspecified atom stereocenters. The lowest BCUT2D eigenvalue weighted by Crippen LogP contribution is -2.20. The average Bonchev–Trinajstić information content (AvgIpc) is 3.03. The van der Waals surface area contributed by atoms with Gasteiger partial charge in [0.2, 0.25) is 0 Å². The van der Waals surface area contributed by atoms with Crippen molar-refractivity contribution in [3.8, 4) is 5.75 Å². The molecule has 6 nitrogen and oxygen atoms in total. The van der Waals surface area contributed by atoms with Crippen LogP contribution in [0.3, 0.4) is 0 Å². The van der Waals surface area contributed by atoms with Crippen molar-refractivity contribution in [1.82, 2.24) is 0 Å². The van der Waals surface area contributed by atoms with Crippen LogP contribution in [0.1, 0.15) is 35.4 Å². The second-order valence-corrected chi connectivity index (χ2v) is 5.24. The molecule has 1 aliphatic carbocycles. The molecule has 0 saturated heterocycles. The number of ether oxygens (including phenoxy) is 1. The van der Waals surface area contributed by atoms with Gasteiger partial charge in [0.1, 0.15) is 11.8 Å². The summed E-state index contributed by atoms with van der Waals surface area (Å²) in [5, 5.41) is 12.5. The molecule has 0 fully saturated rings. The van der Waals surface area contributed by atoms with Gasteiger partial charge in [-0.15, -0.1) is 0 Å². The first-order valence-corrected chi connectivity index (χ1v) is 6.75. The molecule has 2 atom stereocenters. The molecular weight excluding hydrogens is 258 g/mol. The SMILES string of the molecule is [N-]=[N+]=NC(C[C@@H]1CCc2ccc3c(c21)CCO3)C(=O)O. The summed E-state index contributed by atoms with van der Waals surface area (Å²) in [6.07, 6.45) is 3.11. The summed E-state index contributed by atoms with van der Waals surface area (Å²) in [6, 6.07) is 3.09. The van der Waals surface area contributed by atoms with Gasteiger partial charge in [-0.25, -0.2) is 0 Å². The van der Waals surface area contributed by atoms with Crippen molar-refractivity contribution < 1.29 is 14.6 Å². The molecule has 3 rings (SSSR count). The zero-order valence-electron chi connectivity index (χ0n) is 11.0. The number of azide groups is 1. The summed E-state index contributed by atoms with van der Waals surface area (Å²) in [5.41, 5.74) is 12.2. The standard InChI is InChI=1S/C14H15N3O3/c15-17-16-11(14(18)19)7-9-2-1-8-3-4-12-10(13(8)9)5-6-20-12/h3-4,9,11H,1-2,5-7H2,(H,18,19)/t9-,11?/m0/s1. The first kappa shape index (κ1) is 12.8. The molecule has 0 aromatic heterocycles. The van der Waals surface area contributed by atoms with E-state index >= 15 is 0 Å². The van der Waals surface area contributed by atoms with Gasteiger partial charge in [-0.05, 0) is 47.9 Å². The molecule has 1 heterocycles. The molecule has 0 saturated carbocycles. The van der Waals surface area contributed by atoms with Crippen molar-refractivity contribution in [1.29, 1.82) is 0 Å². The molecular formula is C14H15N3O3. The van der Waals surface area contributed by atoms with Gasteiger partial charge in [0, 0.05) is 16.9 Å². The smallest absolute Gasteiger partial charge is 0.312 e. The van der Waals surface area contributed by atoms with Crippen LogP contribution in [0.2, 0.25) is 0 Å². The summed E-state index contributed by atoms with van der Waals surface area (Å²) in [4.78, 5) is 13.8. The molecule has 20 heavy (non-hydrogen) atoms. The van der Waals surface area contributed by atoms with Gasteiger partial charge in [0.25, 0.3) is 0 Å². The molecule has 1 aromatic carbocycles. The van der Waals surface area contributed by atoms with E-state index in [0.717, 1.165) is 25.0 Å². The minimum Gasteiger partial charge on any atom is -0.493 e. The van der Waals surface area contributed by atoms with E-state index in [4.69, 9.17) is 15.4 Å². The van der Waals surface area contributed by atoms with Crippen molar-refractivity contribution >= 4 is 5.97 Å². The predicted octanol–water partition coefficient (Wildman–Crippen LogP) is 2.80. The lowest BCUT2D eigenvalue weighted by atomic mass is 9.89. The number of aryl methyl sites for hydroxylation is 1. The van der Waals surface area contributed by atoms with Crippen molar-refractivity contribution in [2.75, 3.05) is 6.61 Å². The molecule has 6 heteroatoms. The molecule has 0 radical (unpaired) electrons. The highest BCUT2D eigenvalue weighted by Gasteiger charge is 2.32. The zero-order valence-corrected chi connectivity index (χ0v) is 11.0. The van der Waals surface area contributed by atoms with E-state index in [-0.39, 0.29) is 5.92 Å². The molecule has 0 bridgehead atoms. The Morgan fingerprint density at radius 1 is 1.55 bits per heavy atom. The lowest BCUT2D eigenvalue weighted by molar-refractivity contribution is -0.138. The molecule has 1 aromatic rings. The van der Waals surface area contributed by atoms with Gasteiger partial charge in [-0.3, -0.25) is 4.79 Å². The van der Waals surface area contributed by atoms with E-state index in [1.54, 1.807) is 0 Å². The van der Waals surface area contributed by atoms with Crippen LogP contribution in [0.25, 0.3) is 10.4 Å².